The lowest BCUT2D eigenvalue weighted by Gasteiger charge is -1.98. The van der Waals surface area contributed by atoms with E-state index in [4.69, 9.17) is 9.84 Å². The van der Waals surface area contributed by atoms with E-state index in [0.29, 0.717) is 12.6 Å². The van der Waals surface area contributed by atoms with Gasteiger partial charge in [0.05, 0.1) is 6.61 Å². The summed E-state index contributed by atoms with van der Waals surface area (Å²) >= 11 is 0. The summed E-state index contributed by atoms with van der Waals surface area (Å²) in [6, 6.07) is 0.301. The van der Waals surface area contributed by atoms with E-state index in [9.17, 15) is 0 Å². The van der Waals surface area contributed by atoms with Gasteiger partial charge in [0.1, 0.15) is 0 Å². The zero-order chi connectivity index (χ0) is 5.28. The maximum absolute atomic E-state index is 8.57. The number of hydrogen-bond donors (Lipinski definition) is 2. The molecule has 0 amide bonds. The molecular formula is C4H9NO2. The highest BCUT2D eigenvalue weighted by Crippen LogP contribution is 1.96. The van der Waals surface area contributed by atoms with Crippen LogP contribution in [0, 0.1) is 0 Å². The molecule has 0 aliphatic carbocycles. The van der Waals surface area contributed by atoms with Gasteiger partial charge in [0, 0.05) is 6.04 Å². The molecule has 1 heterocycles. The molecule has 1 fully saturated rings. The monoisotopic (exact) mass is 103 g/mol. The summed E-state index contributed by atoms with van der Waals surface area (Å²) in [5.41, 5.74) is 0. The molecule has 3 heteroatoms. The third-order valence-electron chi connectivity index (χ3n) is 0.931. The van der Waals surface area contributed by atoms with Gasteiger partial charge in [-0.2, -0.15) is 0 Å². The highest BCUT2D eigenvalue weighted by atomic mass is 16.6. The molecule has 2 N–H and O–H groups in total. The van der Waals surface area contributed by atoms with Crippen LogP contribution >= 0.6 is 0 Å². The first-order valence-electron chi connectivity index (χ1n) is 2.35. The second kappa shape index (κ2) is 1.78. The van der Waals surface area contributed by atoms with Gasteiger partial charge in [-0.1, -0.05) is 0 Å². The van der Waals surface area contributed by atoms with Crippen molar-refractivity contribution < 1.29 is 9.84 Å². The molecule has 1 aliphatic rings. The van der Waals surface area contributed by atoms with E-state index >= 15 is 0 Å². The van der Waals surface area contributed by atoms with Crippen molar-refractivity contribution in [1.82, 2.24) is 5.32 Å². The van der Waals surface area contributed by atoms with Gasteiger partial charge in [0.2, 0.25) is 6.41 Å². The van der Waals surface area contributed by atoms with Gasteiger partial charge < -0.3 is 9.84 Å². The molecule has 0 spiro atoms. The molecule has 42 valence electrons. The second-order valence-electron chi connectivity index (χ2n) is 1.75. The minimum atomic E-state index is -0.727. The molecule has 1 aliphatic heterocycles. The summed E-state index contributed by atoms with van der Waals surface area (Å²) in [5, 5.41) is 11.3. The highest BCUT2D eigenvalue weighted by molar-refractivity contribution is 4.63. The van der Waals surface area contributed by atoms with Gasteiger partial charge in [-0.3, -0.25) is 5.32 Å². The normalized spacial score (nSPS) is 42.0. The molecule has 0 bridgehead atoms. The molecule has 3 nitrogen and oxygen atoms in total. The number of hydrogen-bond acceptors (Lipinski definition) is 3. The summed E-state index contributed by atoms with van der Waals surface area (Å²) in [5.74, 6) is 0. The summed E-state index contributed by atoms with van der Waals surface area (Å²) < 4.78 is 4.71. The maximum Gasteiger partial charge on any atom is 0.213 e. The topological polar surface area (TPSA) is 41.5 Å². The molecule has 1 unspecified atom stereocenters. The van der Waals surface area contributed by atoms with Crippen LogP contribution in [0.4, 0.5) is 0 Å². The van der Waals surface area contributed by atoms with Crippen LogP contribution in [0.3, 0.4) is 0 Å². The zero-order valence-corrected chi connectivity index (χ0v) is 4.22. The lowest BCUT2D eigenvalue weighted by atomic mass is 10.4. The van der Waals surface area contributed by atoms with E-state index in [-0.39, 0.29) is 0 Å². The fourth-order valence-electron chi connectivity index (χ4n) is 0.575. The molecular weight excluding hydrogens is 94.0 g/mol. The van der Waals surface area contributed by atoms with E-state index in [1.54, 1.807) is 0 Å². The van der Waals surface area contributed by atoms with Gasteiger partial charge in [-0.15, -0.1) is 0 Å². The number of aliphatic hydroxyl groups is 1. The summed E-state index contributed by atoms with van der Waals surface area (Å²) in [4.78, 5) is 0. The smallest absolute Gasteiger partial charge is 0.213 e. The first-order chi connectivity index (χ1) is 3.29. The Bertz CT molecular complexity index is 58.7. The van der Waals surface area contributed by atoms with E-state index in [0.717, 1.165) is 0 Å². The molecule has 7 heavy (non-hydrogen) atoms. The van der Waals surface area contributed by atoms with Crippen molar-refractivity contribution in [3.05, 3.63) is 0 Å². The number of nitrogens with one attached hydrogen (secondary N) is 1. The van der Waals surface area contributed by atoms with Gasteiger partial charge in [-0.05, 0) is 6.92 Å². The summed E-state index contributed by atoms with van der Waals surface area (Å²) in [7, 11) is 0. The highest BCUT2D eigenvalue weighted by Gasteiger charge is 2.16. The third kappa shape index (κ3) is 1.12. The molecule has 0 aromatic heterocycles. The molecule has 1 rings (SSSR count). The fourth-order valence-corrected chi connectivity index (χ4v) is 0.575. The minimum Gasteiger partial charge on any atom is -0.356 e. The molecule has 0 radical (unpaired) electrons. The Balaban J connectivity index is 2.26. The maximum atomic E-state index is 8.57. The SMILES string of the molecule is C[C@@H]1COC(O)N1. The van der Waals surface area contributed by atoms with E-state index in [1.165, 1.54) is 0 Å². The Kier molecular flexibility index (Phi) is 1.27. The second-order valence-corrected chi connectivity index (χ2v) is 1.75. The number of ether oxygens (including phenoxy) is 1. The van der Waals surface area contributed by atoms with Gasteiger partial charge in [0.25, 0.3) is 0 Å². The zero-order valence-electron chi connectivity index (χ0n) is 4.22. The standard InChI is InChI=1S/C4H9NO2/c1-3-2-7-4(6)5-3/h3-6H,2H2,1H3/t3-,4?/m1/s1. The predicted octanol–water partition coefficient (Wildman–Crippen LogP) is -0.729. The lowest BCUT2D eigenvalue weighted by molar-refractivity contribution is -0.0719. The minimum absolute atomic E-state index is 0.301. The van der Waals surface area contributed by atoms with Crippen LogP contribution in [0.5, 0.6) is 0 Å². The summed E-state index contributed by atoms with van der Waals surface area (Å²) in [6.07, 6.45) is -0.727. The van der Waals surface area contributed by atoms with Crippen LogP contribution in [0.15, 0.2) is 0 Å². The Morgan fingerprint density at radius 2 is 2.57 bits per heavy atom. The van der Waals surface area contributed by atoms with Crippen molar-refractivity contribution in [2.45, 2.75) is 19.4 Å². The quantitative estimate of drug-likeness (QED) is 0.424. The fraction of sp³-hybridized carbons (Fsp3) is 1.00. The largest absolute Gasteiger partial charge is 0.356 e. The van der Waals surface area contributed by atoms with Gasteiger partial charge in [-0.25, -0.2) is 0 Å². The molecule has 2 atom stereocenters. The molecule has 1 saturated heterocycles. The van der Waals surface area contributed by atoms with Crippen molar-refractivity contribution in [2.24, 2.45) is 0 Å². The lowest BCUT2D eigenvalue weighted by Crippen LogP contribution is -2.27. The van der Waals surface area contributed by atoms with Gasteiger partial charge in [0.15, 0.2) is 0 Å². The van der Waals surface area contributed by atoms with Crippen LogP contribution in [0.25, 0.3) is 0 Å². The first-order valence-corrected chi connectivity index (χ1v) is 2.35. The van der Waals surface area contributed by atoms with Crippen molar-refractivity contribution in [3.63, 3.8) is 0 Å². The third-order valence-corrected chi connectivity index (χ3v) is 0.931. The van der Waals surface area contributed by atoms with E-state index in [2.05, 4.69) is 5.32 Å². The van der Waals surface area contributed by atoms with Crippen LogP contribution < -0.4 is 5.32 Å². The number of aliphatic hydroxyl groups excluding tert-OH is 1. The summed E-state index contributed by atoms with van der Waals surface area (Å²) in [6.45, 7) is 2.57. The van der Waals surface area contributed by atoms with Crippen LogP contribution in [-0.4, -0.2) is 24.2 Å². The van der Waals surface area contributed by atoms with Crippen LogP contribution in [0.2, 0.25) is 0 Å². The van der Waals surface area contributed by atoms with Crippen molar-refractivity contribution in [1.29, 1.82) is 0 Å². The average molecular weight is 103 g/mol. The molecule has 0 saturated carbocycles. The molecule has 0 aromatic rings. The van der Waals surface area contributed by atoms with Gasteiger partial charge >= 0.3 is 0 Å². The van der Waals surface area contributed by atoms with Crippen molar-refractivity contribution in [3.8, 4) is 0 Å². The number of rotatable bonds is 0. The predicted molar refractivity (Wildman–Crippen MR) is 24.6 cm³/mol. The molecule has 0 aromatic carbocycles. The first kappa shape index (κ1) is 5.03. The van der Waals surface area contributed by atoms with Crippen LogP contribution in [-0.2, 0) is 4.74 Å². The van der Waals surface area contributed by atoms with Crippen molar-refractivity contribution in [2.75, 3.05) is 6.61 Å². The van der Waals surface area contributed by atoms with E-state index < -0.39 is 6.41 Å². The Morgan fingerprint density at radius 1 is 1.86 bits per heavy atom. The van der Waals surface area contributed by atoms with Crippen molar-refractivity contribution >= 4 is 0 Å². The van der Waals surface area contributed by atoms with Crippen LogP contribution in [0.1, 0.15) is 6.92 Å². The Morgan fingerprint density at radius 3 is 2.71 bits per heavy atom. The Hall–Kier alpha value is -0.120. The van der Waals surface area contributed by atoms with E-state index in [1.807, 2.05) is 6.92 Å². The Labute approximate surface area is 42.3 Å². The average Bonchev–Trinajstić information content (AvgIpc) is 1.87.